The van der Waals surface area contributed by atoms with Crippen molar-refractivity contribution in [3.63, 3.8) is 0 Å². The van der Waals surface area contributed by atoms with Gasteiger partial charge in [-0.15, -0.1) is 0 Å². The van der Waals surface area contributed by atoms with E-state index in [2.05, 4.69) is 0 Å². The molecule has 0 radical (unpaired) electrons. The highest BCUT2D eigenvalue weighted by Crippen LogP contribution is 2.27. The third kappa shape index (κ3) is 3.29. The van der Waals surface area contributed by atoms with Crippen LogP contribution in [-0.4, -0.2) is 12.4 Å². The Morgan fingerprint density at radius 1 is 1.11 bits per heavy atom. The largest absolute Gasteiger partial charge is 0.481 e. The van der Waals surface area contributed by atoms with Gasteiger partial charge < -0.3 is 4.74 Å². The van der Waals surface area contributed by atoms with Crippen molar-refractivity contribution in [2.75, 3.05) is 6.61 Å². The number of ether oxygens (including phenoxy) is 1. The molecule has 0 heterocycles. The highest BCUT2D eigenvalue weighted by atomic mass is 35.5. The highest BCUT2D eigenvalue weighted by molar-refractivity contribution is 6.32. The second-order valence-electron chi connectivity index (χ2n) is 3.77. The average molecular weight is 283 g/mol. The number of Topliss-reactive ketones (excluding diaryl/α,β-unsaturated/α-hetero) is 1. The van der Waals surface area contributed by atoms with Crippen molar-refractivity contribution in [3.05, 3.63) is 64.7 Å². The first-order chi connectivity index (χ1) is 9.08. The van der Waals surface area contributed by atoms with E-state index in [4.69, 9.17) is 16.3 Å². The van der Waals surface area contributed by atoms with Crippen LogP contribution in [0.25, 0.3) is 0 Å². The Hall–Kier alpha value is -1.94. The zero-order valence-corrected chi connectivity index (χ0v) is 10.5. The lowest BCUT2D eigenvalue weighted by Crippen LogP contribution is -2.12. The van der Waals surface area contributed by atoms with E-state index in [0.717, 1.165) is 0 Å². The van der Waals surface area contributed by atoms with E-state index in [1.807, 2.05) is 0 Å². The molecule has 0 atom stereocenters. The van der Waals surface area contributed by atoms with Gasteiger partial charge >= 0.3 is 0 Å². The van der Waals surface area contributed by atoms with Crippen LogP contribution in [0.3, 0.4) is 0 Å². The number of hydrogen-bond donors (Lipinski definition) is 0. The summed E-state index contributed by atoms with van der Waals surface area (Å²) in [5.41, 5.74) is 0.286. The summed E-state index contributed by atoms with van der Waals surface area (Å²) in [6.07, 6.45) is 0. The summed E-state index contributed by atoms with van der Waals surface area (Å²) in [5.74, 6) is -1.63. The Morgan fingerprint density at radius 3 is 2.42 bits per heavy atom. The third-order valence-electron chi connectivity index (χ3n) is 2.43. The van der Waals surface area contributed by atoms with Gasteiger partial charge in [-0.25, -0.2) is 8.78 Å². The number of carbonyl (C=O) groups is 1. The van der Waals surface area contributed by atoms with Crippen molar-refractivity contribution < 1.29 is 18.3 Å². The predicted molar refractivity (Wildman–Crippen MR) is 67.6 cm³/mol. The maximum absolute atomic E-state index is 13.4. The lowest BCUT2D eigenvalue weighted by Gasteiger charge is -2.08. The van der Waals surface area contributed by atoms with Crippen LogP contribution in [0, 0.1) is 11.6 Å². The predicted octanol–water partition coefficient (Wildman–Crippen LogP) is 3.88. The molecule has 19 heavy (non-hydrogen) atoms. The van der Waals surface area contributed by atoms with Gasteiger partial charge in [-0.2, -0.15) is 0 Å². The van der Waals surface area contributed by atoms with Gasteiger partial charge in [-0.3, -0.25) is 4.79 Å². The molecular weight excluding hydrogens is 274 g/mol. The molecule has 0 saturated carbocycles. The standard InChI is InChI=1S/C14H9ClF2O2/c15-11-2-1-3-12(17)14(11)19-8-13(18)9-4-6-10(16)7-5-9/h1-7H,8H2. The molecule has 0 aliphatic carbocycles. The molecule has 98 valence electrons. The molecule has 0 N–H and O–H groups in total. The fourth-order valence-electron chi connectivity index (χ4n) is 1.48. The van der Waals surface area contributed by atoms with Crippen LogP contribution in [-0.2, 0) is 0 Å². The zero-order valence-electron chi connectivity index (χ0n) is 9.70. The van der Waals surface area contributed by atoms with Gasteiger partial charge in [0.15, 0.2) is 24.0 Å². The Kier molecular flexibility index (Phi) is 4.12. The van der Waals surface area contributed by atoms with Gasteiger partial charge in [0.05, 0.1) is 5.02 Å². The Morgan fingerprint density at radius 2 is 1.79 bits per heavy atom. The molecule has 0 amide bonds. The molecule has 0 aliphatic heterocycles. The second-order valence-corrected chi connectivity index (χ2v) is 4.18. The van der Waals surface area contributed by atoms with Crippen molar-refractivity contribution in [3.8, 4) is 5.75 Å². The Labute approximate surface area is 113 Å². The van der Waals surface area contributed by atoms with Gasteiger partial charge in [0.25, 0.3) is 0 Å². The fraction of sp³-hybridized carbons (Fsp3) is 0.0714. The smallest absolute Gasteiger partial charge is 0.200 e. The van der Waals surface area contributed by atoms with E-state index in [1.54, 1.807) is 0 Å². The molecule has 0 saturated heterocycles. The molecule has 0 fully saturated rings. The van der Waals surface area contributed by atoms with E-state index in [1.165, 1.54) is 42.5 Å². The van der Waals surface area contributed by atoms with Crippen LogP contribution in [0.2, 0.25) is 5.02 Å². The van der Waals surface area contributed by atoms with Crippen molar-refractivity contribution in [1.29, 1.82) is 0 Å². The van der Waals surface area contributed by atoms with Crippen molar-refractivity contribution >= 4 is 17.4 Å². The van der Waals surface area contributed by atoms with Crippen LogP contribution < -0.4 is 4.74 Å². The number of hydrogen-bond acceptors (Lipinski definition) is 2. The molecule has 5 heteroatoms. The van der Waals surface area contributed by atoms with Gasteiger partial charge in [0.2, 0.25) is 0 Å². The molecule has 0 bridgehead atoms. The van der Waals surface area contributed by atoms with E-state index < -0.39 is 11.6 Å². The zero-order chi connectivity index (χ0) is 13.8. The number of halogens is 3. The van der Waals surface area contributed by atoms with E-state index >= 15 is 0 Å². The molecule has 0 aromatic heterocycles. The van der Waals surface area contributed by atoms with Gasteiger partial charge in [-0.05, 0) is 36.4 Å². The molecule has 2 nitrogen and oxygen atoms in total. The lowest BCUT2D eigenvalue weighted by molar-refractivity contribution is 0.0919. The minimum Gasteiger partial charge on any atom is -0.481 e. The van der Waals surface area contributed by atoms with Crippen LogP contribution in [0.5, 0.6) is 5.75 Å². The van der Waals surface area contributed by atoms with Crippen LogP contribution >= 0.6 is 11.6 Å². The molecule has 2 aromatic carbocycles. The monoisotopic (exact) mass is 282 g/mol. The number of carbonyl (C=O) groups excluding carboxylic acids is 1. The van der Waals surface area contributed by atoms with Gasteiger partial charge in [-0.1, -0.05) is 17.7 Å². The van der Waals surface area contributed by atoms with E-state index in [9.17, 15) is 13.6 Å². The summed E-state index contributed by atoms with van der Waals surface area (Å²) in [4.78, 5) is 11.7. The maximum atomic E-state index is 13.4. The minimum absolute atomic E-state index is 0.0897. The minimum atomic E-state index is -0.639. The fourth-order valence-corrected chi connectivity index (χ4v) is 1.69. The van der Waals surface area contributed by atoms with Crippen molar-refractivity contribution in [2.24, 2.45) is 0 Å². The molecule has 2 rings (SSSR count). The lowest BCUT2D eigenvalue weighted by atomic mass is 10.1. The van der Waals surface area contributed by atoms with Crippen LogP contribution in [0.1, 0.15) is 10.4 Å². The van der Waals surface area contributed by atoms with Crippen molar-refractivity contribution in [2.45, 2.75) is 0 Å². The normalized spacial score (nSPS) is 10.3. The summed E-state index contributed by atoms with van der Waals surface area (Å²) in [6.45, 7) is -0.369. The summed E-state index contributed by atoms with van der Waals surface area (Å²) >= 11 is 5.75. The summed E-state index contributed by atoms with van der Waals surface area (Å²) < 4.78 is 31.1. The maximum Gasteiger partial charge on any atom is 0.200 e. The topological polar surface area (TPSA) is 26.3 Å². The van der Waals surface area contributed by atoms with E-state index in [-0.39, 0.29) is 28.7 Å². The number of ketones is 1. The van der Waals surface area contributed by atoms with Crippen molar-refractivity contribution in [1.82, 2.24) is 0 Å². The van der Waals surface area contributed by atoms with Crippen LogP contribution in [0.15, 0.2) is 42.5 Å². The number of benzene rings is 2. The van der Waals surface area contributed by atoms with Gasteiger partial charge in [0, 0.05) is 5.56 Å². The Balaban J connectivity index is 2.06. The first-order valence-corrected chi connectivity index (χ1v) is 5.81. The highest BCUT2D eigenvalue weighted by Gasteiger charge is 2.12. The first kappa shape index (κ1) is 13.5. The van der Waals surface area contributed by atoms with Gasteiger partial charge in [0.1, 0.15) is 5.82 Å². The summed E-state index contributed by atoms with van der Waals surface area (Å²) in [6, 6.07) is 9.10. The third-order valence-corrected chi connectivity index (χ3v) is 2.73. The number of rotatable bonds is 4. The SMILES string of the molecule is O=C(COc1c(F)cccc1Cl)c1ccc(F)cc1. The van der Waals surface area contributed by atoms with Crippen LogP contribution in [0.4, 0.5) is 8.78 Å². The Bertz CT molecular complexity index is 577. The van der Waals surface area contributed by atoms with E-state index in [0.29, 0.717) is 0 Å². The number of para-hydroxylation sites is 1. The quantitative estimate of drug-likeness (QED) is 0.796. The average Bonchev–Trinajstić information content (AvgIpc) is 2.38. The molecule has 2 aromatic rings. The first-order valence-electron chi connectivity index (χ1n) is 5.43. The molecule has 0 spiro atoms. The molecular formula is C14H9ClF2O2. The second kappa shape index (κ2) is 5.80. The molecule has 0 aliphatic rings. The summed E-state index contributed by atoms with van der Waals surface area (Å²) in [7, 11) is 0. The summed E-state index contributed by atoms with van der Waals surface area (Å²) in [5, 5.41) is 0.0897. The molecule has 0 unspecified atom stereocenters.